The summed E-state index contributed by atoms with van der Waals surface area (Å²) in [5.74, 6) is -2.29. The van der Waals surface area contributed by atoms with Gasteiger partial charge in [-0.15, -0.1) is 0 Å². The Morgan fingerprint density at radius 2 is 1.65 bits per heavy atom. The number of rotatable bonds is 11. The van der Waals surface area contributed by atoms with Crippen molar-refractivity contribution in [2.45, 2.75) is 65.4 Å². The van der Waals surface area contributed by atoms with Gasteiger partial charge in [0.25, 0.3) is 0 Å². The van der Waals surface area contributed by atoms with Crippen molar-refractivity contribution < 1.29 is 32.2 Å². The summed E-state index contributed by atoms with van der Waals surface area (Å²) in [5.41, 5.74) is 6.37. The Morgan fingerprint density at radius 3 is 2.39 bits per heavy atom. The highest BCUT2D eigenvalue weighted by atomic mass is 19.4. The van der Waals surface area contributed by atoms with Crippen LogP contribution in [0.25, 0.3) is 33.2 Å². The van der Waals surface area contributed by atoms with Crippen LogP contribution in [0.2, 0.25) is 0 Å². The molecule has 0 aliphatic carbocycles. The first-order valence-corrected chi connectivity index (χ1v) is 16.2. The molecule has 6 rings (SSSR count). The minimum Gasteiger partial charge on any atom is -0.468 e. The van der Waals surface area contributed by atoms with Gasteiger partial charge in [0.05, 0.1) is 28.4 Å². The van der Waals surface area contributed by atoms with Crippen LogP contribution < -0.4 is 4.74 Å². The van der Waals surface area contributed by atoms with E-state index in [4.69, 9.17) is 9.72 Å². The molecular formula is C38H35F3N4O4. The van der Waals surface area contributed by atoms with Crippen LogP contribution in [0.1, 0.15) is 66.6 Å². The molecule has 11 heteroatoms. The van der Waals surface area contributed by atoms with Crippen LogP contribution in [0.5, 0.6) is 5.75 Å². The summed E-state index contributed by atoms with van der Waals surface area (Å²) in [4.78, 5) is 33.5. The molecular weight excluding hydrogens is 633 g/mol. The van der Waals surface area contributed by atoms with Crippen molar-refractivity contribution in [3.05, 3.63) is 114 Å². The highest BCUT2D eigenvalue weighted by Crippen LogP contribution is 2.35. The van der Waals surface area contributed by atoms with Crippen molar-refractivity contribution in [2.75, 3.05) is 0 Å². The fraction of sp³-hybridized carbons (Fsp3) is 0.263. The summed E-state index contributed by atoms with van der Waals surface area (Å²) < 4.78 is 53.4. The average molecular weight is 669 g/mol. The van der Waals surface area contributed by atoms with E-state index in [1.807, 2.05) is 66.3 Å². The fourth-order valence-corrected chi connectivity index (χ4v) is 5.95. The summed E-state index contributed by atoms with van der Waals surface area (Å²) in [6, 6.07) is 25.4. The molecule has 8 nitrogen and oxygen atoms in total. The minimum atomic E-state index is -5.28. The highest BCUT2D eigenvalue weighted by Gasteiger charge is 2.42. The fourth-order valence-electron chi connectivity index (χ4n) is 5.95. The number of hydrogen-bond acceptors (Lipinski definition) is 6. The second kappa shape index (κ2) is 14.0. The number of ether oxygens (including phenoxy) is 2. The van der Waals surface area contributed by atoms with E-state index in [9.17, 15) is 22.8 Å². The number of unbranched alkanes of at least 4 members (excludes halogenated alkanes) is 1. The number of imidazole rings is 2. The lowest BCUT2D eigenvalue weighted by Gasteiger charge is -2.21. The summed E-state index contributed by atoms with van der Waals surface area (Å²) in [6.45, 7) is 6.72. The number of nitrogens with zero attached hydrogens (tertiary/aromatic N) is 4. The number of aryl methyl sites for hydroxylation is 2. The lowest BCUT2D eigenvalue weighted by molar-refractivity contribution is -0.193. The van der Waals surface area contributed by atoms with E-state index in [0.29, 0.717) is 29.8 Å². The van der Waals surface area contributed by atoms with Crippen molar-refractivity contribution >= 4 is 34.0 Å². The van der Waals surface area contributed by atoms with Crippen LogP contribution in [-0.4, -0.2) is 37.2 Å². The smallest absolute Gasteiger partial charge is 0.468 e. The number of aromatic nitrogens is 4. The predicted molar refractivity (Wildman–Crippen MR) is 180 cm³/mol. The molecule has 1 unspecified atom stereocenters. The van der Waals surface area contributed by atoms with Crippen LogP contribution >= 0.6 is 0 Å². The van der Waals surface area contributed by atoms with Crippen molar-refractivity contribution in [1.29, 1.82) is 0 Å². The van der Waals surface area contributed by atoms with Crippen LogP contribution in [0.15, 0.2) is 91.3 Å². The molecule has 0 amide bonds. The Hall–Kier alpha value is -5.45. The lowest BCUT2D eigenvalue weighted by atomic mass is 9.98. The first-order chi connectivity index (χ1) is 23.6. The van der Waals surface area contributed by atoms with Gasteiger partial charge in [-0.3, -0.25) is 4.57 Å². The zero-order valence-corrected chi connectivity index (χ0v) is 27.3. The van der Waals surface area contributed by atoms with Gasteiger partial charge in [0.2, 0.25) is 0 Å². The SMILES string of the molecule is CCCCc1nc2c(C)ccc(OC(CC)n3cnc4ccccc43)c2n1Cc1ccc(-c2ccccc2C(=O)OC(=O)C(F)(F)F)cc1. The van der Waals surface area contributed by atoms with Gasteiger partial charge < -0.3 is 14.0 Å². The van der Waals surface area contributed by atoms with Gasteiger partial charge in [0.1, 0.15) is 17.1 Å². The number of fused-ring (bicyclic) bond motifs is 2. The van der Waals surface area contributed by atoms with E-state index in [-0.39, 0.29) is 11.8 Å². The largest absolute Gasteiger partial charge is 0.491 e. The molecule has 4 aromatic carbocycles. The van der Waals surface area contributed by atoms with Gasteiger partial charge in [0, 0.05) is 19.4 Å². The van der Waals surface area contributed by atoms with E-state index in [1.165, 1.54) is 12.1 Å². The number of hydrogen-bond donors (Lipinski definition) is 0. The Balaban J connectivity index is 1.34. The first-order valence-electron chi connectivity index (χ1n) is 16.2. The molecule has 0 spiro atoms. The zero-order valence-electron chi connectivity index (χ0n) is 27.3. The Bertz CT molecular complexity index is 2130. The maximum Gasteiger partial charge on any atom is 0.491 e. The second-order valence-electron chi connectivity index (χ2n) is 11.8. The molecule has 49 heavy (non-hydrogen) atoms. The molecule has 1 atom stereocenters. The number of carbonyl (C=O) groups is 2. The molecule has 0 aliphatic rings. The van der Waals surface area contributed by atoms with Gasteiger partial charge in [-0.1, -0.05) is 80.9 Å². The van der Waals surface area contributed by atoms with Gasteiger partial charge in [-0.05, 0) is 59.9 Å². The van der Waals surface area contributed by atoms with Crippen LogP contribution in [0.4, 0.5) is 13.2 Å². The zero-order chi connectivity index (χ0) is 34.7. The summed E-state index contributed by atoms with van der Waals surface area (Å²) in [6.07, 6.45) is -0.345. The molecule has 0 aliphatic heterocycles. The van der Waals surface area contributed by atoms with Crippen molar-refractivity contribution in [1.82, 2.24) is 19.1 Å². The second-order valence-corrected chi connectivity index (χ2v) is 11.8. The van der Waals surface area contributed by atoms with E-state index in [0.717, 1.165) is 58.3 Å². The predicted octanol–water partition coefficient (Wildman–Crippen LogP) is 8.99. The van der Waals surface area contributed by atoms with Gasteiger partial charge in [-0.25, -0.2) is 19.6 Å². The quantitative estimate of drug-likeness (QED) is 0.101. The standard InChI is InChI=1S/C38H35F3N4O4/c1-4-6-15-32-43-34-24(3)16-21-31(48-33(5-2)45-23-42-29-13-9-10-14-30(29)45)35(34)44(32)22-25-17-19-26(20-18-25)27-11-7-8-12-28(27)36(46)49-37(47)38(39,40)41/h7-14,16-21,23,33H,4-6,15,22H2,1-3H3. The summed E-state index contributed by atoms with van der Waals surface area (Å²) in [5, 5.41) is 0. The molecule has 2 heterocycles. The van der Waals surface area contributed by atoms with E-state index in [2.05, 4.69) is 28.1 Å². The number of benzene rings is 4. The lowest BCUT2D eigenvalue weighted by Crippen LogP contribution is -2.28. The molecule has 252 valence electrons. The molecule has 0 saturated heterocycles. The topological polar surface area (TPSA) is 88.2 Å². The third kappa shape index (κ3) is 6.92. The first kappa shape index (κ1) is 33.5. The van der Waals surface area contributed by atoms with Gasteiger partial charge >= 0.3 is 18.1 Å². The summed E-state index contributed by atoms with van der Waals surface area (Å²) >= 11 is 0. The highest BCUT2D eigenvalue weighted by molar-refractivity contribution is 6.03. The molecule has 0 saturated carbocycles. The monoisotopic (exact) mass is 668 g/mol. The van der Waals surface area contributed by atoms with Crippen LogP contribution in [-0.2, 0) is 22.5 Å². The van der Waals surface area contributed by atoms with E-state index >= 15 is 0 Å². The van der Waals surface area contributed by atoms with Crippen LogP contribution in [0, 0.1) is 6.92 Å². The number of esters is 2. The molecule has 0 bridgehead atoms. The molecule has 0 N–H and O–H groups in total. The normalized spacial score (nSPS) is 12.4. The maximum absolute atomic E-state index is 12.7. The molecule has 0 fully saturated rings. The number of para-hydroxylation sites is 2. The van der Waals surface area contributed by atoms with Crippen molar-refractivity contribution in [2.24, 2.45) is 0 Å². The molecule has 6 aromatic rings. The number of alkyl halides is 3. The van der Waals surface area contributed by atoms with Crippen molar-refractivity contribution in [3.63, 3.8) is 0 Å². The Morgan fingerprint density at radius 1 is 0.918 bits per heavy atom. The van der Waals surface area contributed by atoms with E-state index < -0.39 is 18.1 Å². The van der Waals surface area contributed by atoms with E-state index in [1.54, 1.807) is 24.3 Å². The number of carbonyl (C=O) groups excluding carboxylic acids is 2. The third-order valence-corrected chi connectivity index (χ3v) is 8.47. The van der Waals surface area contributed by atoms with Crippen LogP contribution in [0.3, 0.4) is 0 Å². The maximum atomic E-state index is 12.7. The number of halogens is 3. The molecule has 0 radical (unpaired) electrons. The molecule has 2 aromatic heterocycles. The Kier molecular flexibility index (Phi) is 9.53. The minimum absolute atomic E-state index is 0.149. The van der Waals surface area contributed by atoms with Gasteiger partial charge in [-0.2, -0.15) is 13.2 Å². The third-order valence-electron chi connectivity index (χ3n) is 8.47. The Labute approximate surface area is 281 Å². The van der Waals surface area contributed by atoms with Crippen molar-refractivity contribution in [3.8, 4) is 16.9 Å². The average Bonchev–Trinajstić information content (AvgIpc) is 3.69. The van der Waals surface area contributed by atoms with Gasteiger partial charge in [0.15, 0.2) is 6.23 Å². The summed E-state index contributed by atoms with van der Waals surface area (Å²) in [7, 11) is 0.